The summed E-state index contributed by atoms with van der Waals surface area (Å²) in [5.74, 6) is -1.28. The number of nitrogens with zero attached hydrogens (tertiary/aromatic N) is 2. The van der Waals surface area contributed by atoms with Crippen molar-refractivity contribution in [3.8, 4) is 5.69 Å². The number of alkyl halides is 3. The van der Waals surface area contributed by atoms with Crippen molar-refractivity contribution in [2.24, 2.45) is 0 Å². The molecule has 1 aromatic heterocycles. The number of esters is 1. The zero-order valence-electron chi connectivity index (χ0n) is 15.9. The Morgan fingerprint density at radius 2 is 1.86 bits per heavy atom. The molecule has 0 saturated heterocycles. The molecular weight excluding hydrogens is 413 g/mol. The molecule has 2 rings (SSSR count). The van der Waals surface area contributed by atoms with Crippen LogP contribution >= 0.6 is 12.4 Å². The molecule has 0 radical (unpaired) electrons. The standard InChI is InChI=1S/C18H21F3N4O3.ClH/c1-3-28-17(27)14-11-23-25(16(14)18(19,20)21)13-8-6-12(7-9-13)24-15(26)5-4-10-22-2;/h6-9,11,22H,3-5,10H2,1-2H3,(H,24,26);1H. The van der Waals surface area contributed by atoms with E-state index < -0.39 is 23.4 Å². The molecule has 0 aliphatic heterocycles. The minimum atomic E-state index is -4.81. The summed E-state index contributed by atoms with van der Waals surface area (Å²) in [4.78, 5) is 23.6. The van der Waals surface area contributed by atoms with Crippen LogP contribution in [0.25, 0.3) is 5.69 Å². The fourth-order valence-electron chi connectivity index (χ4n) is 2.51. The topological polar surface area (TPSA) is 85.2 Å². The van der Waals surface area contributed by atoms with Gasteiger partial charge in [0, 0.05) is 12.1 Å². The van der Waals surface area contributed by atoms with E-state index in [0.29, 0.717) is 29.8 Å². The van der Waals surface area contributed by atoms with Gasteiger partial charge in [-0.2, -0.15) is 18.3 Å². The summed E-state index contributed by atoms with van der Waals surface area (Å²) in [6.07, 6.45) is -2.99. The van der Waals surface area contributed by atoms with Crippen molar-refractivity contribution in [2.45, 2.75) is 25.9 Å². The summed E-state index contributed by atoms with van der Waals surface area (Å²) in [5.41, 5.74) is -1.33. The van der Waals surface area contributed by atoms with Gasteiger partial charge in [-0.15, -0.1) is 12.4 Å². The van der Waals surface area contributed by atoms with E-state index in [0.717, 1.165) is 6.20 Å². The predicted molar refractivity (Wildman–Crippen MR) is 104 cm³/mol. The monoisotopic (exact) mass is 434 g/mol. The molecule has 0 spiro atoms. The van der Waals surface area contributed by atoms with Crippen LogP contribution in [0, 0.1) is 0 Å². The Morgan fingerprint density at radius 1 is 1.21 bits per heavy atom. The Balaban J connectivity index is 0.00000420. The molecule has 1 heterocycles. The van der Waals surface area contributed by atoms with Gasteiger partial charge in [0.1, 0.15) is 5.56 Å². The van der Waals surface area contributed by atoms with Gasteiger partial charge < -0.3 is 15.4 Å². The average molecular weight is 435 g/mol. The number of carbonyl (C=O) groups is 2. The smallest absolute Gasteiger partial charge is 0.434 e. The quantitative estimate of drug-likeness (QED) is 0.491. The molecule has 11 heteroatoms. The first kappa shape index (κ1) is 24.4. The minimum Gasteiger partial charge on any atom is -0.462 e. The van der Waals surface area contributed by atoms with Gasteiger partial charge in [0.05, 0.1) is 18.5 Å². The lowest BCUT2D eigenvalue weighted by atomic mass is 10.2. The molecular formula is C18H22ClF3N4O3. The molecule has 0 fully saturated rings. The highest BCUT2D eigenvalue weighted by atomic mass is 35.5. The molecule has 2 aromatic rings. The van der Waals surface area contributed by atoms with E-state index in [1.165, 1.54) is 31.2 Å². The van der Waals surface area contributed by atoms with Crippen LogP contribution in [0.15, 0.2) is 30.5 Å². The van der Waals surface area contributed by atoms with E-state index in [1.54, 1.807) is 7.05 Å². The molecule has 7 nitrogen and oxygen atoms in total. The lowest BCUT2D eigenvalue weighted by Gasteiger charge is -2.13. The Hall–Kier alpha value is -2.59. The van der Waals surface area contributed by atoms with Gasteiger partial charge in [-0.25, -0.2) is 9.48 Å². The molecule has 160 valence electrons. The highest BCUT2D eigenvalue weighted by Gasteiger charge is 2.41. The first-order chi connectivity index (χ1) is 13.3. The molecule has 0 atom stereocenters. The van der Waals surface area contributed by atoms with Crippen LogP contribution in [0.3, 0.4) is 0 Å². The van der Waals surface area contributed by atoms with Crippen LogP contribution in [0.5, 0.6) is 0 Å². The fraction of sp³-hybridized carbons (Fsp3) is 0.389. The number of anilines is 1. The summed E-state index contributed by atoms with van der Waals surface area (Å²) >= 11 is 0. The maximum Gasteiger partial charge on any atom is 0.434 e. The molecule has 29 heavy (non-hydrogen) atoms. The Bertz CT molecular complexity index is 823. The predicted octanol–water partition coefficient (Wildman–Crippen LogP) is 3.43. The Morgan fingerprint density at radius 3 is 2.41 bits per heavy atom. The van der Waals surface area contributed by atoms with Gasteiger partial charge in [0.2, 0.25) is 5.91 Å². The Labute approximate surface area is 172 Å². The van der Waals surface area contributed by atoms with Gasteiger partial charge >= 0.3 is 12.1 Å². The highest BCUT2D eigenvalue weighted by Crippen LogP contribution is 2.34. The van der Waals surface area contributed by atoms with Crippen LogP contribution in [0.2, 0.25) is 0 Å². The summed E-state index contributed by atoms with van der Waals surface area (Å²) in [6.45, 7) is 2.15. The van der Waals surface area contributed by atoms with Gasteiger partial charge in [-0.3, -0.25) is 4.79 Å². The summed E-state index contributed by atoms with van der Waals surface area (Å²) < 4.78 is 45.8. The number of benzene rings is 1. The number of carbonyl (C=O) groups excluding carboxylic acids is 2. The third-order valence-electron chi connectivity index (χ3n) is 3.76. The number of ether oxygens (including phenoxy) is 1. The number of halogens is 4. The second-order valence-electron chi connectivity index (χ2n) is 5.84. The zero-order chi connectivity index (χ0) is 20.7. The number of hydrogen-bond donors (Lipinski definition) is 2. The molecule has 1 aromatic carbocycles. The van der Waals surface area contributed by atoms with E-state index in [2.05, 4.69) is 20.5 Å². The molecule has 0 saturated carbocycles. The number of aromatic nitrogens is 2. The van der Waals surface area contributed by atoms with Crippen molar-refractivity contribution in [3.05, 3.63) is 41.7 Å². The minimum absolute atomic E-state index is 0. The maximum absolute atomic E-state index is 13.5. The van der Waals surface area contributed by atoms with Crippen molar-refractivity contribution in [3.63, 3.8) is 0 Å². The fourth-order valence-corrected chi connectivity index (χ4v) is 2.51. The van der Waals surface area contributed by atoms with Crippen molar-refractivity contribution in [1.29, 1.82) is 0 Å². The lowest BCUT2D eigenvalue weighted by molar-refractivity contribution is -0.143. The SMILES string of the molecule is CCOC(=O)c1cnn(-c2ccc(NC(=O)CCCNC)cc2)c1C(F)(F)F.Cl. The molecule has 0 unspecified atom stereocenters. The molecule has 2 N–H and O–H groups in total. The number of amides is 1. The van der Waals surface area contributed by atoms with Gasteiger partial charge in [-0.1, -0.05) is 0 Å². The molecule has 0 aliphatic carbocycles. The normalized spacial score (nSPS) is 10.9. The third-order valence-corrected chi connectivity index (χ3v) is 3.76. The van der Waals surface area contributed by atoms with E-state index in [1.807, 2.05) is 0 Å². The largest absolute Gasteiger partial charge is 0.462 e. The van der Waals surface area contributed by atoms with Crippen molar-refractivity contribution in [2.75, 3.05) is 25.5 Å². The van der Waals surface area contributed by atoms with Crippen molar-refractivity contribution < 1.29 is 27.5 Å². The number of rotatable bonds is 8. The second-order valence-corrected chi connectivity index (χ2v) is 5.84. The van der Waals surface area contributed by atoms with Crippen LogP contribution in [0.4, 0.5) is 18.9 Å². The molecule has 0 aliphatic rings. The average Bonchev–Trinajstić information content (AvgIpc) is 3.08. The molecule has 0 bridgehead atoms. The maximum atomic E-state index is 13.5. The third kappa shape index (κ3) is 6.47. The number of hydrogen-bond acceptors (Lipinski definition) is 5. The van der Waals surface area contributed by atoms with Crippen LogP contribution in [-0.2, 0) is 15.7 Å². The first-order valence-electron chi connectivity index (χ1n) is 8.65. The Kier molecular flexibility index (Phi) is 9.12. The zero-order valence-corrected chi connectivity index (χ0v) is 16.7. The van der Waals surface area contributed by atoms with E-state index in [9.17, 15) is 22.8 Å². The summed E-state index contributed by atoms with van der Waals surface area (Å²) in [7, 11) is 1.79. The van der Waals surface area contributed by atoms with E-state index >= 15 is 0 Å². The van der Waals surface area contributed by atoms with Gasteiger partial charge in [0.25, 0.3) is 0 Å². The van der Waals surface area contributed by atoms with Crippen LogP contribution in [-0.4, -0.2) is 41.9 Å². The highest BCUT2D eigenvalue weighted by molar-refractivity contribution is 5.91. The van der Waals surface area contributed by atoms with Gasteiger partial charge in [-0.05, 0) is 51.2 Å². The van der Waals surface area contributed by atoms with E-state index in [4.69, 9.17) is 0 Å². The molecule has 1 amide bonds. The summed E-state index contributed by atoms with van der Waals surface area (Å²) in [5, 5.41) is 9.30. The summed E-state index contributed by atoms with van der Waals surface area (Å²) in [6, 6.07) is 5.69. The first-order valence-corrected chi connectivity index (χ1v) is 8.65. The van der Waals surface area contributed by atoms with Crippen molar-refractivity contribution in [1.82, 2.24) is 15.1 Å². The van der Waals surface area contributed by atoms with Gasteiger partial charge in [0.15, 0.2) is 5.69 Å². The lowest BCUT2D eigenvalue weighted by Crippen LogP contribution is -2.18. The van der Waals surface area contributed by atoms with Crippen LogP contribution in [0.1, 0.15) is 35.8 Å². The number of nitrogens with one attached hydrogen (secondary N) is 2. The van der Waals surface area contributed by atoms with Crippen LogP contribution < -0.4 is 10.6 Å². The van der Waals surface area contributed by atoms with Crippen molar-refractivity contribution >= 4 is 30.0 Å². The second kappa shape index (κ2) is 10.8. The van der Waals surface area contributed by atoms with E-state index in [-0.39, 0.29) is 30.6 Å².